The van der Waals surface area contributed by atoms with E-state index in [9.17, 15) is 27.7 Å². The molecule has 1 atom stereocenters. The first-order chi connectivity index (χ1) is 14.3. The van der Waals surface area contributed by atoms with Gasteiger partial charge in [0.1, 0.15) is 10.1 Å². The Bertz CT molecular complexity index is 556. The summed E-state index contributed by atoms with van der Waals surface area (Å²) in [7, 11) is -5.08. The van der Waals surface area contributed by atoms with E-state index in [0.29, 0.717) is 6.42 Å². The molecule has 0 spiro atoms. The first-order valence-electron chi connectivity index (χ1n) is 11.6. The molecule has 0 aromatic rings. The van der Waals surface area contributed by atoms with Crippen LogP contribution in [0.25, 0.3) is 0 Å². The zero-order chi connectivity index (χ0) is 22.7. The fourth-order valence-electron chi connectivity index (χ4n) is 3.37. The van der Waals surface area contributed by atoms with E-state index in [4.69, 9.17) is 4.74 Å². The van der Waals surface area contributed by atoms with Crippen LogP contribution >= 0.6 is 0 Å². The Morgan fingerprint density at radius 2 is 1.06 bits per heavy atom. The molecule has 7 nitrogen and oxygen atoms in total. The van der Waals surface area contributed by atoms with Crippen molar-refractivity contribution >= 4 is 22.1 Å². The van der Waals surface area contributed by atoms with Gasteiger partial charge in [-0.3, -0.25) is 4.79 Å². The Balaban J connectivity index is -0.00000420. The minimum atomic E-state index is -5.08. The van der Waals surface area contributed by atoms with Crippen LogP contribution in [-0.4, -0.2) is 36.8 Å². The number of carboxylic acid groups (broad SMARTS) is 1. The standard InChI is InChI=1S/C22H42O7S.2K/c1-2-3-4-5-6-7-8-9-10-11-12-13-14-15-16-17-18-29-22(25)20(19-21(23)24)30(26,27)28;;/h20H,2-19H2,1H3,(H,23,24)(H,26,27,28);;/q;2*+1/p-2. The molecular weight excluding hydrogens is 486 g/mol. The smallest absolute Gasteiger partial charge is 0.747 e. The average Bonchev–Trinajstić information content (AvgIpc) is 2.67. The third kappa shape index (κ3) is 25.2. The summed E-state index contributed by atoms with van der Waals surface area (Å²) in [6.07, 6.45) is 18.2. The van der Waals surface area contributed by atoms with E-state index in [1.54, 1.807) is 0 Å². The Kier molecular flexibility index (Phi) is 31.6. The van der Waals surface area contributed by atoms with Crippen LogP contribution < -0.4 is 108 Å². The summed E-state index contributed by atoms with van der Waals surface area (Å²) in [6.45, 7) is 2.22. The molecule has 0 saturated heterocycles. The van der Waals surface area contributed by atoms with Gasteiger partial charge < -0.3 is 19.2 Å². The van der Waals surface area contributed by atoms with Crippen molar-refractivity contribution in [2.45, 2.75) is 121 Å². The zero-order valence-corrected chi connectivity index (χ0v) is 27.6. The van der Waals surface area contributed by atoms with Gasteiger partial charge in [-0.05, 0) is 6.42 Å². The molecule has 0 saturated carbocycles. The number of rotatable bonds is 21. The first kappa shape index (κ1) is 38.6. The second-order valence-corrected chi connectivity index (χ2v) is 9.58. The largest absolute Gasteiger partial charge is 1.00 e. The Labute approximate surface area is 280 Å². The predicted molar refractivity (Wildman–Crippen MR) is 114 cm³/mol. The molecule has 0 bridgehead atoms. The minimum absolute atomic E-state index is 0. The van der Waals surface area contributed by atoms with Gasteiger partial charge in [0.15, 0.2) is 5.25 Å². The molecule has 1 unspecified atom stereocenters. The molecule has 0 rings (SSSR count). The summed E-state index contributed by atoms with van der Waals surface area (Å²) in [5.41, 5.74) is 0. The summed E-state index contributed by atoms with van der Waals surface area (Å²) in [5.74, 6) is -3.09. The summed E-state index contributed by atoms with van der Waals surface area (Å²) in [5, 5.41) is 8.24. The number of carboxylic acids is 1. The van der Waals surface area contributed by atoms with Gasteiger partial charge in [0.25, 0.3) is 0 Å². The quantitative estimate of drug-likeness (QED) is 0.0723. The summed E-state index contributed by atoms with van der Waals surface area (Å²) < 4.78 is 37.6. The second-order valence-electron chi connectivity index (χ2n) is 8.03. The van der Waals surface area contributed by atoms with Crippen LogP contribution in [0, 0.1) is 0 Å². The van der Waals surface area contributed by atoms with E-state index < -0.39 is 33.7 Å². The van der Waals surface area contributed by atoms with Crippen LogP contribution in [0.15, 0.2) is 0 Å². The van der Waals surface area contributed by atoms with Crippen LogP contribution in [0.2, 0.25) is 0 Å². The Hall–Kier alpha value is 2.12. The van der Waals surface area contributed by atoms with Crippen LogP contribution in [-0.2, 0) is 24.4 Å². The number of carbonyl (C=O) groups excluding carboxylic acids is 2. The molecule has 10 heteroatoms. The SMILES string of the molecule is CCCCCCCCCCCCCCCCCCOC(=O)C(CC(=O)[O-])S(=O)(=O)[O-].[K+].[K+]. The molecule has 0 aliphatic carbocycles. The molecule has 0 fully saturated rings. The van der Waals surface area contributed by atoms with Gasteiger partial charge in [0.2, 0.25) is 0 Å². The van der Waals surface area contributed by atoms with Crippen LogP contribution in [0.3, 0.4) is 0 Å². The van der Waals surface area contributed by atoms with Crippen molar-refractivity contribution in [2.75, 3.05) is 6.61 Å². The number of ether oxygens (including phenoxy) is 1. The van der Waals surface area contributed by atoms with Crippen molar-refractivity contribution < 1.29 is 135 Å². The van der Waals surface area contributed by atoms with Crippen molar-refractivity contribution in [2.24, 2.45) is 0 Å². The van der Waals surface area contributed by atoms with Crippen molar-refractivity contribution in [3.8, 4) is 0 Å². The molecule has 0 amide bonds. The van der Waals surface area contributed by atoms with Gasteiger partial charge in [0.05, 0.1) is 6.61 Å². The van der Waals surface area contributed by atoms with E-state index in [0.717, 1.165) is 19.3 Å². The van der Waals surface area contributed by atoms with E-state index in [-0.39, 0.29) is 109 Å². The molecule has 0 N–H and O–H groups in total. The number of carbonyl (C=O) groups is 2. The molecule has 0 radical (unpaired) electrons. The maximum Gasteiger partial charge on any atom is 1.00 e. The number of hydrogen-bond acceptors (Lipinski definition) is 7. The van der Waals surface area contributed by atoms with E-state index in [1.165, 1.54) is 77.0 Å². The molecule has 0 aliphatic rings. The summed E-state index contributed by atoms with van der Waals surface area (Å²) in [6, 6.07) is 0. The van der Waals surface area contributed by atoms with Gasteiger partial charge in [-0.25, -0.2) is 8.42 Å². The average molecular weight is 527 g/mol. The van der Waals surface area contributed by atoms with Crippen molar-refractivity contribution in [3.63, 3.8) is 0 Å². The number of hydrogen-bond donors (Lipinski definition) is 0. The normalized spacial score (nSPS) is 11.8. The van der Waals surface area contributed by atoms with Gasteiger partial charge in [0, 0.05) is 12.4 Å². The maximum absolute atomic E-state index is 11.6. The number of esters is 1. The monoisotopic (exact) mass is 526 g/mol. The van der Waals surface area contributed by atoms with Crippen LogP contribution in [0.4, 0.5) is 0 Å². The van der Waals surface area contributed by atoms with Crippen molar-refractivity contribution in [1.29, 1.82) is 0 Å². The zero-order valence-electron chi connectivity index (χ0n) is 20.6. The van der Waals surface area contributed by atoms with Gasteiger partial charge in [-0.15, -0.1) is 0 Å². The summed E-state index contributed by atoms with van der Waals surface area (Å²) >= 11 is 0. The van der Waals surface area contributed by atoms with E-state index in [2.05, 4.69) is 6.92 Å². The molecular formula is C22H40K2O7S. The maximum atomic E-state index is 11.6. The van der Waals surface area contributed by atoms with Crippen molar-refractivity contribution in [1.82, 2.24) is 0 Å². The molecule has 0 aromatic heterocycles. The fourth-order valence-corrected chi connectivity index (χ4v) is 4.01. The summed E-state index contributed by atoms with van der Waals surface area (Å²) in [4.78, 5) is 22.1. The van der Waals surface area contributed by atoms with Gasteiger partial charge in [-0.2, -0.15) is 0 Å². The third-order valence-corrected chi connectivity index (χ3v) is 6.26. The van der Waals surface area contributed by atoms with E-state index >= 15 is 0 Å². The van der Waals surface area contributed by atoms with Gasteiger partial charge >= 0.3 is 109 Å². The number of aliphatic carboxylic acids is 1. The fraction of sp³-hybridized carbons (Fsp3) is 0.909. The Morgan fingerprint density at radius 1 is 0.719 bits per heavy atom. The molecule has 0 aliphatic heterocycles. The van der Waals surface area contributed by atoms with E-state index in [1.807, 2.05) is 0 Å². The van der Waals surface area contributed by atoms with Gasteiger partial charge in [-0.1, -0.05) is 103 Å². The molecule has 0 aromatic carbocycles. The molecule has 32 heavy (non-hydrogen) atoms. The Morgan fingerprint density at radius 3 is 1.38 bits per heavy atom. The third-order valence-electron chi connectivity index (χ3n) is 5.21. The first-order valence-corrected chi connectivity index (χ1v) is 13.1. The van der Waals surface area contributed by atoms with Crippen LogP contribution in [0.1, 0.15) is 116 Å². The minimum Gasteiger partial charge on any atom is -0.747 e. The second kappa shape index (κ2) is 26.2. The molecule has 0 heterocycles. The predicted octanol–water partition coefficient (Wildman–Crippen LogP) is -2.15. The topological polar surface area (TPSA) is 124 Å². The number of unbranched alkanes of at least 4 members (excludes halogenated alkanes) is 15. The van der Waals surface area contributed by atoms with Crippen LogP contribution in [0.5, 0.6) is 0 Å². The molecule has 178 valence electrons. The van der Waals surface area contributed by atoms with Crippen molar-refractivity contribution in [3.05, 3.63) is 0 Å².